The predicted octanol–water partition coefficient (Wildman–Crippen LogP) is 3.47. The van der Waals surface area contributed by atoms with E-state index in [9.17, 15) is 14.9 Å². The normalized spacial score (nSPS) is 16.9. The average molecular weight is 366 g/mol. The van der Waals surface area contributed by atoms with Crippen LogP contribution in [-0.2, 0) is 14.3 Å². The number of ether oxygens (including phenoxy) is 1. The van der Waals surface area contributed by atoms with E-state index in [0.29, 0.717) is 17.2 Å². The van der Waals surface area contributed by atoms with E-state index in [1.165, 1.54) is 0 Å². The van der Waals surface area contributed by atoms with Gasteiger partial charge in [-0.15, -0.1) is 0 Å². The number of fused-ring (bicyclic) bond motifs is 1. The summed E-state index contributed by atoms with van der Waals surface area (Å²) in [5, 5.41) is 15.0. The highest BCUT2D eigenvalue weighted by molar-refractivity contribution is 8.03. The second-order valence-corrected chi connectivity index (χ2v) is 6.81. The van der Waals surface area contributed by atoms with Gasteiger partial charge in [-0.2, -0.15) is 5.26 Å². The van der Waals surface area contributed by atoms with Crippen LogP contribution in [0.5, 0.6) is 0 Å². The maximum atomic E-state index is 12.2. The zero-order valence-electron chi connectivity index (χ0n) is 14.3. The molecule has 2 aromatic rings. The second kappa shape index (κ2) is 8.07. The Bertz CT molecular complexity index is 925. The number of hydrogen-bond acceptors (Lipinski definition) is 5. The number of thioether (sulfide) groups is 1. The van der Waals surface area contributed by atoms with Crippen molar-refractivity contribution in [2.75, 3.05) is 12.4 Å². The number of nitrogens with zero attached hydrogens (tertiary/aromatic N) is 1. The summed E-state index contributed by atoms with van der Waals surface area (Å²) in [4.78, 5) is 23.9. The summed E-state index contributed by atoms with van der Waals surface area (Å²) in [5.41, 5.74) is 1.43. The maximum Gasteiger partial charge on any atom is 0.316 e. The van der Waals surface area contributed by atoms with Gasteiger partial charge in [0.05, 0.1) is 29.0 Å². The van der Waals surface area contributed by atoms with Gasteiger partial charge >= 0.3 is 5.97 Å². The van der Waals surface area contributed by atoms with E-state index < -0.39 is 0 Å². The van der Waals surface area contributed by atoms with Crippen molar-refractivity contribution in [1.82, 2.24) is 5.32 Å². The van der Waals surface area contributed by atoms with Gasteiger partial charge in [-0.3, -0.25) is 9.59 Å². The number of benzene rings is 2. The van der Waals surface area contributed by atoms with Crippen molar-refractivity contribution in [1.29, 1.82) is 5.26 Å². The van der Waals surface area contributed by atoms with E-state index in [1.807, 2.05) is 42.5 Å². The van der Waals surface area contributed by atoms with Crippen LogP contribution in [0, 0.1) is 11.3 Å². The van der Waals surface area contributed by atoms with Crippen LogP contribution < -0.4 is 5.32 Å². The highest BCUT2D eigenvalue weighted by Gasteiger charge is 2.30. The molecule has 26 heavy (non-hydrogen) atoms. The summed E-state index contributed by atoms with van der Waals surface area (Å²) >= 11 is 1.14. The second-order valence-electron chi connectivity index (χ2n) is 5.82. The van der Waals surface area contributed by atoms with Crippen LogP contribution in [0.4, 0.5) is 0 Å². The molecule has 6 heteroatoms. The Morgan fingerprint density at radius 3 is 2.85 bits per heavy atom. The van der Waals surface area contributed by atoms with Crippen LogP contribution in [0.3, 0.4) is 0 Å². The van der Waals surface area contributed by atoms with Crippen LogP contribution in [-0.4, -0.2) is 24.2 Å². The maximum absolute atomic E-state index is 12.2. The number of rotatable bonds is 5. The lowest BCUT2D eigenvalue weighted by molar-refractivity contribution is -0.139. The minimum atomic E-state index is -0.371. The van der Waals surface area contributed by atoms with E-state index in [-0.39, 0.29) is 30.0 Å². The number of carbonyl (C=O) groups excluding carboxylic acids is 2. The molecule has 1 N–H and O–H groups in total. The minimum absolute atomic E-state index is 0.0525. The van der Waals surface area contributed by atoms with Gasteiger partial charge in [-0.25, -0.2) is 0 Å². The zero-order valence-corrected chi connectivity index (χ0v) is 15.1. The summed E-state index contributed by atoms with van der Waals surface area (Å²) in [5.74, 6) is -0.807. The zero-order chi connectivity index (χ0) is 18.5. The number of nitrogens with one attached hydrogen (secondary N) is 1. The van der Waals surface area contributed by atoms with Crippen molar-refractivity contribution >= 4 is 34.4 Å². The lowest BCUT2D eigenvalue weighted by atomic mass is 9.84. The van der Waals surface area contributed by atoms with E-state index in [4.69, 9.17) is 4.74 Å². The predicted molar refractivity (Wildman–Crippen MR) is 101 cm³/mol. The number of hydrogen-bond donors (Lipinski definition) is 1. The first-order valence-corrected chi connectivity index (χ1v) is 9.32. The highest BCUT2D eigenvalue weighted by atomic mass is 32.2. The molecule has 1 amide bonds. The molecule has 132 valence electrons. The summed E-state index contributed by atoms with van der Waals surface area (Å²) in [7, 11) is 0. The fraction of sp³-hybridized carbons (Fsp3) is 0.250. The van der Waals surface area contributed by atoms with Crippen LogP contribution in [0.25, 0.3) is 10.8 Å². The molecule has 0 saturated carbocycles. The van der Waals surface area contributed by atoms with Crippen molar-refractivity contribution in [3.05, 3.63) is 58.6 Å². The van der Waals surface area contributed by atoms with Crippen molar-refractivity contribution in [3.8, 4) is 6.07 Å². The van der Waals surface area contributed by atoms with Crippen molar-refractivity contribution in [2.24, 2.45) is 0 Å². The molecule has 0 aromatic heterocycles. The minimum Gasteiger partial charge on any atom is -0.465 e. The van der Waals surface area contributed by atoms with Crippen LogP contribution in [0.2, 0.25) is 0 Å². The van der Waals surface area contributed by atoms with Crippen molar-refractivity contribution < 1.29 is 14.3 Å². The number of nitriles is 1. The highest BCUT2D eigenvalue weighted by Crippen LogP contribution is 2.38. The molecule has 1 aliphatic rings. The molecule has 1 aliphatic heterocycles. The number of amides is 1. The standard InChI is InChI=1S/C20H18N2O3S/c1-2-25-19(24)12-26-20-17(11-21)16(10-18(23)22-20)15-9-5-7-13-6-3-4-8-14(13)15/h3-9,16H,2,10,12H2,1H3,(H,22,23)/t16-/m0/s1. The molecular weight excluding hydrogens is 348 g/mol. The molecule has 0 radical (unpaired) electrons. The van der Waals surface area contributed by atoms with Crippen molar-refractivity contribution in [2.45, 2.75) is 19.3 Å². The van der Waals surface area contributed by atoms with Gasteiger partial charge in [0.1, 0.15) is 0 Å². The third-order valence-corrected chi connectivity index (χ3v) is 5.19. The third-order valence-electron chi connectivity index (χ3n) is 4.19. The lowest BCUT2D eigenvalue weighted by Gasteiger charge is -2.26. The molecule has 0 unspecified atom stereocenters. The molecule has 1 heterocycles. The molecule has 0 bridgehead atoms. The first-order valence-electron chi connectivity index (χ1n) is 8.34. The summed E-state index contributed by atoms with van der Waals surface area (Å²) in [6.45, 7) is 2.04. The van der Waals surface area contributed by atoms with Gasteiger partial charge in [-0.1, -0.05) is 54.2 Å². The van der Waals surface area contributed by atoms with Crippen LogP contribution in [0.15, 0.2) is 53.1 Å². The smallest absolute Gasteiger partial charge is 0.316 e. The molecule has 0 aliphatic carbocycles. The van der Waals surface area contributed by atoms with Gasteiger partial charge in [0.2, 0.25) is 5.91 Å². The summed E-state index contributed by atoms with van der Waals surface area (Å²) in [6.07, 6.45) is 0.209. The van der Waals surface area contributed by atoms with Crippen molar-refractivity contribution in [3.63, 3.8) is 0 Å². The van der Waals surface area contributed by atoms with Gasteiger partial charge in [0.15, 0.2) is 0 Å². The fourth-order valence-corrected chi connectivity index (χ4v) is 3.96. The van der Waals surface area contributed by atoms with E-state index in [1.54, 1.807) is 6.92 Å². The molecule has 0 fully saturated rings. The number of carbonyl (C=O) groups is 2. The summed E-state index contributed by atoms with van der Waals surface area (Å²) < 4.78 is 4.92. The largest absolute Gasteiger partial charge is 0.465 e. The van der Waals surface area contributed by atoms with Crippen LogP contribution in [0.1, 0.15) is 24.8 Å². The first-order chi connectivity index (χ1) is 12.6. The molecule has 0 spiro atoms. The Morgan fingerprint density at radius 2 is 2.08 bits per heavy atom. The lowest BCUT2D eigenvalue weighted by Crippen LogP contribution is -2.31. The van der Waals surface area contributed by atoms with E-state index in [2.05, 4.69) is 11.4 Å². The van der Waals surface area contributed by atoms with Gasteiger partial charge in [0.25, 0.3) is 0 Å². The SMILES string of the molecule is CCOC(=O)CSC1=C(C#N)[C@H](c2cccc3ccccc23)CC(=O)N1. The Morgan fingerprint density at radius 1 is 1.31 bits per heavy atom. The Balaban J connectivity index is 1.99. The Hall–Kier alpha value is -2.78. The molecule has 1 atom stereocenters. The van der Waals surface area contributed by atoms with Gasteiger partial charge < -0.3 is 10.1 Å². The third kappa shape index (κ3) is 3.73. The molecule has 5 nitrogen and oxygen atoms in total. The monoisotopic (exact) mass is 366 g/mol. The molecule has 2 aromatic carbocycles. The Kier molecular flexibility index (Phi) is 5.59. The summed E-state index contributed by atoms with van der Waals surface area (Å²) in [6, 6.07) is 16.0. The fourth-order valence-electron chi connectivity index (χ4n) is 3.09. The topological polar surface area (TPSA) is 79.2 Å². The van der Waals surface area contributed by atoms with Gasteiger partial charge in [0, 0.05) is 12.3 Å². The van der Waals surface area contributed by atoms with E-state index >= 15 is 0 Å². The number of esters is 1. The average Bonchev–Trinajstić information content (AvgIpc) is 2.65. The van der Waals surface area contributed by atoms with Gasteiger partial charge in [-0.05, 0) is 23.3 Å². The first kappa shape index (κ1) is 18.0. The van der Waals surface area contributed by atoms with Crippen LogP contribution >= 0.6 is 11.8 Å². The molecular formula is C20H18N2O3S. The molecule has 0 saturated heterocycles. The molecule has 3 rings (SSSR count). The quantitative estimate of drug-likeness (QED) is 0.820. The number of allylic oxidation sites excluding steroid dienone is 1. The van der Waals surface area contributed by atoms with E-state index in [0.717, 1.165) is 28.1 Å². The Labute approximate surface area is 156 Å².